The Kier molecular flexibility index (Phi) is 6.57. The number of hydrogen-bond donors (Lipinski definition) is 1. The first-order valence-corrected chi connectivity index (χ1v) is 9.12. The molecule has 1 saturated carbocycles. The van der Waals surface area contributed by atoms with Crippen LogP contribution in [0.15, 0.2) is 30.6 Å². The topological polar surface area (TPSA) is 78.3 Å². The third-order valence-electron chi connectivity index (χ3n) is 4.15. The third-order valence-corrected chi connectivity index (χ3v) is 4.15. The van der Waals surface area contributed by atoms with E-state index in [-0.39, 0.29) is 17.4 Å². The molecule has 9 heteroatoms. The summed E-state index contributed by atoms with van der Waals surface area (Å²) in [6.07, 6.45) is 7.58. The summed E-state index contributed by atoms with van der Waals surface area (Å²) in [6.45, 7) is -0.442. The largest absolute Gasteiger partial charge is 0.490 e. The van der Waals surface area contributed by atoms with E-state index in [0.29, 0.717) is 31.2 Å². The van der Waals surface area contributed by atoms with E-state index >= 15 is 0 Å². The van der Waals surface area contributed by atoms with Gasteiger partial charge in [-0.05, 0) is 43.5 Å². The van der Waals surface area contributed by atoms with Crippen LogP contribution in [-0.4, -0.2) is 40.4 Å². The van der Waals surface area contributed by atoms with E-state index in [2.05, 4.69) is 24.8 Å². The van der Waals surface area contributed by atoms with Gasteiger partial charge < -0.3 is 19.4 Å². The van der Waals surface area contributed by atoms with Crippen molar-refractivity contribution >= 4 is 12.0 Å². The molecule has 0 spiro atoms. The molecule has 1 heterocycles. The third kappa shape index (κ3) is 5.51. The predicted molar refractivity (Wildman–Crippen MR) is 98.3 cm³/mol. The molecular formula is C19H22F2N4O3. The molecule has 150 valence electrons. The number of ether oxygens (including phenoxy) is 2. The summed E-state index contributed by atoms with van der Waals surface area (Å²) in [5, 5.41) is 10.8. The van der Waals surface area contributed by atoms with E-state index in [1.165, 1.54) is 12.1 Å². The number of halogens is 2. The normalized spacial score (nSPS) is 13.9. The summed E-state index contributed by atoms with van der Waals surface area (Å²) in [5.74, 6) is 0.758. The van der Waals surface area contributed by atoms with Gasteiger partial charge in [0.05, 0.1) is 6.61 Å². The lowest BCUT2D eigenvalue weighted by atomic mass is 10.2. The zero-order valence-electron chi connectivity index (χ0n) is 15.5. The minimum absolute atomic E-state index is 0.0433. The Morgan fingerprint density at radius 2 is 2.21 bits per heavy atom. The molecule has 3 rings (SSSR count). The van der Waals surface area contributed by atoms with Crippen LogP contribution in [0.5, 0.6) is 11.5 Å². The highest BCUT2D eigenvalue weighted by molar-refractivity contribution is 5.91. The Morgan fingerprint density at radius 1 is 1.39 bits per heavy atom. The van der Waals surface area contributed by atoms with Crippen molar-refractivity contribution in [3.63, 3.8) is 0 Å². The van der Waals surface area contributed by atoms with Crippen LogP contribution < -0.4 is 14.8 Å². The molecule has 1 aromatic carbocycles. The summed E-state index contributed by atoms with van der Waals surface area (Å²) < 4.78 is 36.7. The molecule has 1 aliphatic rings. The number of alkyl halides is 2. The molecule has 0 aliphatic heterocycles. The maximum atomic E-state index is 12.4. The van der Waals surface area contributed by atoms with E-state index in [9.17, 15) is 13.6 Å². The maximum absolute atomic E-state index is 12.4. The fourth-order valence-corrected chi connectivity index (χ4v) is 2.72. The first kappa shape index (κ1) is 19.8. The second kappa shape index (κ2) is 9.29. The van der Waals surface area contributed by atoms with Crippen molar-refractivity contribution in [2.24, 2.45) is 0 Å². The number of hydrogen-bond acceptors (Lipinski definition) is 5. The zero-order valence-corrected chi connectivity index (χ0v) is 15.5. The number of carbonyl (C=O) groups excluding carboxylic acids is 1. The lowest BCUT2D eigenvalue weighted by Gasteiger charge is -2.11. The molecule has 0 radical (unpaired) electrons. The van der Waals surface area contributed by atoms with E-state index in [4.69, 9.17) is 4.74 Å². The first-order chi connectivity index (χ1) is 13.6. The quantitative estimate of drug-likeness (QED) is 0.629. The summed E-state index contributed by atoms with van der Waals surface area (Å²) >= 11 is 0. The highest BCUT2D eigenvalue weighted by Gasteiger charge is 2.25. The van der Waals surface area contributed by atoms with E-state index in [0.717, 1.165) is 18.7 Å². The Hall–Kier alpha value is -2.97. The molecular weight excluding hydrogens is 370 g/mol. The summed E-state index contributed by atoms with van der Waals surface area (Å²) in [4.78, 5) is 12.0. The minimum atomic E-state index is -2.93. The lowest BCUT2D eigenvalue weighted by molar-refractivity contribution is -0.116. The number of amides is 1. The number of rotatable bonds is 10. The average Bonchev–Trinajstić information content (AvgIpc) is 3.40. The Morgan fingerprint density at radius 3 is 2.93 bits per heavy atom. The second-order valence-corrected chi connectivity index (χ2v) is 6.28. The number of nitrogens with zero attached hydrogens (tertiary/aromatic N) is 3. The van der Waals surface area contributed by atoms with Gasteiger partial charge in [-0.1, -0.05) is 6.07 Å². The smallest absolute Gasteiger partial charge is 0.387 e. The van der Waals surface area contributed by atoms with Crippen molar-refractivity contribution in [1.82, 2.24) is 20.1 Å². The maximum Gasteiger partial charge on any atom is 0.387 e. The standard InChI is InChI=1S/C19H22F2N4O3/c1-2-27-16-11-13(3-7-15(16)28-19(20)21)4-8-18(26)22-10-9-17-24-23-12-25(17)14-5-6-14/h3-4,7-8,11-12,14,19H,2,5-6,9-10H2,1H3,(H,22,26). The van der Waals surface area contributed by atoms with Gasteiger partial charge in [-0.15, -0.1) is 10.2 Å². The highest BCUT2D eigenvalue weighted by Crippen LogP contribution is 2.35. The zero-order chi connectivity index (χ0) is 19.9. The number of aromatic nitrogens is 3. The fourth-order valence-electron chi connectivity index (χ4n) is 2.72. The SMILES string of the molecule is CCOc1cc(C=CC(=O)NCCc2nncn2C2CC2)ccc1OC(F)F. The van der Waals surface area contributed by atoms with E-state index < -0.39 is 6.61 Å². The Balaban J connectivity index is 1.52. The fraction of sp³-hybridized carbons (Fsp3) is 0.421. The average molecular weight is 392 g/mol. The molecule has 7 nitrogen and oxygen atoms in total. The van der Waals surface area contributed by atoms with Gasteiger partial charge in [0.15, 0.2) is 11.5 Å². The van der Waals surface area contributed by atoms with Gasteiger partial charge in [-0.25, -0.2) is 0 Å². The second-order valence-electron chi connectivity index (χ2n) is 6.28. The van der Waals surface area contributed by atoms with Gasteiger partial charge in [-0.2, -0.15) is 8.78 Å². The van der Waals surface area contributed by atoms with E-state index in [1.54, 1.807) is 31.5 Å². The molecule has 1 fully saturated rings. The lowest BCUT2D eigenvalue weighted by Crippen LogP contribution is -2.24. The molecule has 1 N–H and O–H groups in total. The predicted octanol–water partition coefficient (Wildman–Crippen LogP) is 2.99. The van der Waals surface area contributed by atoms with Crippen LogP contribution in [0.4, 0.5) is 8.78 Å². The van der Waals surface area contributed by atoms with Crippen LogP contribution in [0, 0.1) is 0 Å². The molecule has 0 saturated heterocycles. The number of benzene rings is 1. The molecule has 0 bridgehead atoms. The molecule has 0 unspecified atom stereocenters. The molecule has 1 aromatic heterocycles. The van der Waals surface area contributed by atoms with Crippen LogP contribution in [0.2, 0.25) is 0 Å². The minimum Gasteiger partial charge on any atom is -0.490 e. The van der Waals surface area contributed by atoms with Crippen molar-refractivity contribution in [3.05, 3.63) is 42.0 Å². The molecule has 1 aliphatic carbocycles. The highest BCUT2D eigenvalue weighted by atomic mass is 19.3. The monoisotopic (exact) mass is 392 g/mol. The van der Waals surface area contributed by atoms with Crippen molar-refractivity contribution in [3.8, 4) is 11.5 Å². The molecule has 2 aromatic rings. The van der Waals surface area contributed by atoms with Gasteiger partial charge >= 0.3 is 6.61 Å². The molecule has 0 atom stereocenters. The van der Waals surface area contributed by atoms with Crippen LogP contribution in [0.25, 0.3) is 6.08 Å². The van der Waals surface area contributed by atoms with E-state index in [1.807, 2.05) is 0 Å². The number of nitrogens with one attached hydrogen (secondary N) is 1. The van der Waals surface area contributed by atoms with Crippen molar-refractivity contribution in [2.75, 3.05) is 13.2 Å². The van der Waals surface area contributed by atoms with Gasteiger partial charge in [0.2, 0.25) is 5.91 Å². The van der Waals surface area contributed by atoms with Gasteiger partial charge in [0.1, 0.15) is 12.2 Å². The molecule has 28 heavy (non-hydrogen) atoms. The van der Waals surface area contributed by atoms with Gasteiger partial charge in [-0.3, -0.25) is 4.79 Å². The first-order valence-electron chi connectivity index (χ1n) is 9.12. The van der Waals surface area contributed by atoms with Gasteiger partial charge in [0.25, 0.3) is 0 Å². The van der Waals surface area contributed by atoms with Crippen LogP contribution >= 0.6 is 0 Å². The molecule has 1 amide bonds. The van der Waals surface area contributed by atoms with Crippen molar-refractivity contribution < 1.29 is 23.0 Å². The van der Waals surface area contributed by atoms with Crippen LogP contribution in [0.3, 0.4) is 0 Å². The van der Waals surface area contributed by atoms with Gasteiger partial charge in [0, 0.05) is 25.1 Å². The Bertz CT molecular complexity index is 834. The number of carbonyl (C=O) groups is 1. The summed E-state index contributed by atoms with van der Waals surface area (Å²) in [5.41, 5.74) is 0.633. The van der Waals surface area contributed by atoms with Crippen molar-refractivity contribution in [2.45, 2.75) is 38.8 Å². The Labute approximate surface area is 161 Å². The van der Waals surface area contributed by atoms with Crippen LogP contribution in [-0.2, 0) is 11.2 Å². The summed E-state index contributed by atoms with van der Waals surface area (Å²) in [7, 11) is 0. The summed E-state index contributed by atoms with van der Waals surface area (Å²) in [6, 6.07) is 5.00. The van der Waals surface area contributed by atoms with Crippen LogP contribution in [0.1, 0.15) is 37.2 Å². The van der Waals surface area contributed by atoms with Crippen molar-refractivity contribution in [1.29, 1.82) is 0 Å².